The minimum Gasteiger partial charge on any atom is -0.478 e. The quantitative estimate of drug-likeness (QED) is 0.862. The van der Waals surface area contributed by atoms with E-state index < -0.39 is 5.97 Å². The van der Waals surface area contributed by atoms with Gasteiger partial charge in [-0.1, -0.05) is 0 Å². The maximum absolute atomic E-state index is 11.1. The van der Waals surface area contributed by atoms with Crippen LogP contribution in [0.5, 0.6) is 0 Å². The Labute approximate surface area is 92.3 Å². The maximum Gasteiger partial charge on any atom is 0.339 e. The first-order chi connectivity index (χ1) is 7.59. The fourth-order valence-electron chi connectivity index (χ4n) is 1.43. The molecule has 0 aliphatic rings. The van der Waals surface area contributed by atoms with E-state index in [0.29, 0.717) is 11.3 Å². The Morgan fingerprint density at radius 1 is 1.56 bits per heavy atom. The minimum atomic E-state index is -0.983. The second-order valence-electron chi connectivity index (χ2n) is 3.78. The normalized spacial score (nSPS) is 10.9. The van der Waals surface area contributed by atoms with Gasteiger partial charge in [-0.05, 0) is 19.9 Å². The molecule has 0 fully saturated rings. The lowest BCUT2D eigenvalue weighted by Crippen LogP contribution is -2.00. The average molecular weight is 220 g/mol. The van der Waals surface area contributed by atoms with E-state index in [1.807, 2.05) is 13.8 Å². The van der Waals surface area contributed by atoms with Gasteiger partial charge in [-0.2, -0.15) is 5.10 Å². The number of carbonyl (C=O) groups is 1. The molecule has 1 N–H and O–H groups in total. The molecule has 0 atom stereocenters. The number of aromatic nitrogens is 2. The van der Waals surface area contributed by atoms with Crippen LogP contribution in [0.15, 0.2) is 29.2 Å². The Bertz CT molecular complexity index is 497. The summed E-state index contributed by atoms with van der Waals surface area (Å²) in [7, 11) is 0. The van der Waals surface area contributed by atoms with Crippen molar-refractivity contribution in [2.24, 2.45) is 0 Å². The van der Waals surface area contributed by atoms with Crippen LogP contribution < -0.4 is 0 Å². The fourth-order valence-corrected chi connectivity index (χ4v) is 1.43. The predicted molar refractivity (Wildman–Crippen MR) is 57.3 cm³/mol. The summed E-state index contributed by atoms with van der Waals surface area (Å²) >= 11 is 0. The van der Waals surface area contributed by atoms with E-state index in [1.54, 1.807) is 10.7 Å². The molecular formula is C11H12N2O3. The first-order valence-corrected chi connectivity index (χ1v) is 4.94. The van der Waals surface area contributed by atoms with E-state index in [4.69, 9.17) is 9.52 Å². The van der Waals surface area contributed by atoms with Crippen LogP contribution in [0.3, 0.4) is 0 Å². The largest absolute Gasteiger partial charge is 0.478 e. The van der Waals surface area contributed by atoms with Crippen LogP contribution in [0.25, 0.3) is 11.3 Å². The van der Waals surface area contributed by atoms with Crippen molar-refractivity contribution in [1.82, 2.24) is 9.78 Å². The van der Waals surface area contributed by atoms with E-state index in [9.17, 15) is 4.79 Å². The van der Waals surface area contributed by atoms with Crippen LogP contribution in [-0.2, 0) is 0 Å². The summed E-state index contributed by atoms with van der Waals surface area (Å²) in [6, 6.07) is 1.82. The standard InChI is InChI=1S/C11H12N2O3/c1-7(2)13-5-9(11(14)15)10(12-13)8-3-4-16-6-8/h3-7H,1-2H3,(H,14,15). The van der Waals surface area contributed by atoms with E-state index in [2.05, 4.69) is 5.10 Å². The summed E-state index contributed by atoms with van der Waals surface area (Å²) < 4.78 is 6.56. The van der Waals surface area contributed by atoms with Crippen LogP contribution in [-0.4, -0.2) is 20.9 Å². The third-order valence-corrected chi connectivity index (χ3v) is 2.29. The summed E-state index contributed by atoms with van der Waals surface area (Å²) in [5.41, 5.74) is 1.31. The van der Waals surface area contributed by atoms with Crippen LogP contribution in [0.2, 0.25) is 0 Å². The lowest BCUT2D eigenvalue weighted by atomic mass is 10.1. The van der Waals surface area contributed by atoms with Gasteiger partial charge in [-0.3, -0.25) is 4.68 Å². The molecule has 84 valence electrons. The first kappa shape index (κ1) is 10.5. The van der Waals surface area contributed by atoms with Crippen molar-refractivity contribution in [2.45, 2.75) is 19.9 Å². The van der Waals surface area contributed by atoms with Gasteiger partial charge in [-0.15, -0.1) is 0 Å². The smallest absolute Gasteiger partial charge is 0.339 e. The molecule has 16 heavy (non-hydrogen) atoms. The summed E-state index contributed by atoms with van der Waals surface area (Å²) in [6.07, 6.45) is 4.52. The number of carboxylic acid groups (broad SMARTS) is 1. The van der Waals surface area contributed by atoms with Crippen molar-refractivity contribution in [1.29, 1.82) is 0 Å². The lowest BCUT2D eigenvalue weighted by Gasteiger charge is -2.02. The van der Waals surface area contributed by atoms with Gasteiger partial charge in [0.1, 0.15) is 11.3 Å². The number of hydrogen-bond donors (Lipinski definition) is 1. The van der Waals surface area contributed by atoms with Crippen LogP contribution in [0, 0.1) is 0 Å². The highest BCUT2D eigenvalue weighted by atomic mass is 16.4. The monoisotopic (exact) mass is 220 g/mol. The molecule has 0 bridgehead atoms. The third kappa shape index (κ3) is 1.71. The molecule has 2 heterocycles. The second kappa shape index (κ2) is 3.84. The second-order valence-corrected chi connectivity index (χ2v) is 3.78. The highest BCUT2D eigenvalue weighted by Crippen LogP contribution is 2.23. The Hall–Kier alpha value is -2.04. The number of rotatable bonds is 3. The molecule has 5 heteroatoms. The van der Waals surface area contributed by atoms with Gasteiger partial charge in [0, 0.05) is 17.8 Å². The number of hydrogen-bond acceptors (Lipinski definition) is 3. The molecule has 0 saturated heterocycles. The van der Waals surface area contributed by atoms with E-state index >= 15 is 0 Å². The van der Waals surface area contributed by atoms with Crippen LogP contribution >= 0.6 is 0 Å². The van der Waals surface area contributed by atoms with Crippen molar-refractivity contribution in [3.05, 3.63) is 30.4 Å². The van der Waals surface area contributed by atoms with Gasteiger partial charge in [0.2, 0.25) is 0 Å². The minimum absolute atomic E-state index is 0.124. The molecule has 0 aliphatic heterocycles. The van der Waals surface area contributed by atoms with Crippen molar-refractivity contribution < 1.29 is 14.3 Å². The highest BCUT2D eigenvalue weighted by molar-refractivity contribution is 5.94. The Morgan fingerprint density at radius 3 is 2.81 bits per heavy atom. The van der Waals surface area contributed by atoms with Crippen molar-refractivity contribution >= 4 is 5.97 Å². The molecule has 0 unspecified atom stereocenters. The zero-order valence-corrected chi connectivity index (χ0v) is 9.04. The van der Waals surface area contributed by atoms with Gasteiger partial charge < -0.3 is 9.52 Å². The molecular weight excluding hydrogens is 208 g/mol. The van der Waals surface area contributed by atoms with Gasteiger partial charge in [-0.25, -0.2) is 4.79 Å². The van der Waals surface area contributed by atoms with Crippen LogP contribution in [0.1, 0.15) is 30.2 Å². The molecule has 0 spiro atoms. The topological polar surface area (TPSA) is 68.3 Å². The highest BCUT2D eigenvalue weighted by Gasteiger charge is 2.18. The molecule has 0 radical (unpaired) electrons. The van der Waals surface area contributed by atoms with E-state index in [0.717, 1.165) is 0 Å². The predicted octanol–water partition coefficient (Wildman–Crippen LogP) is 2.42. The average Bonchev–Trinajstić information content (AvgIpc) is 2.86. The molecule has 0 saturated carbocycles. The summed E-state index contributed by atoms with van der Waals surface area (Å²) in [5.74, 6) is -0.983. The van der Waals surface area contributed by atoms with Crippen molar-refractivity contribution in [2.75, 3.05) is 0 Å². The molecule has 2 rings (SSSR count). The lowest BCUT2D eigenvalue weighted by molar-refractivity contribution is 0.0697. The van der Waals surface area contributed by atoms with Gasteiger partial charge >= 0.3 is 5.97 Å². The van der Waals surface area contributed by atoms with Gasteiger partial charge in [0.25, 0.3) is 0 Å². The number of aromatic carboxylic acids is 1. The first-order valence-electron chi connectivity index (χ1n) is 4.94. The maximum atomic E-state index is 11.1. The van der Waals surface area contributed by atoms with E-state index in [1.165, 1.54) is 18.7 Å². The Kier molecular flexibility index (Phi) is 2.52. The Morgan fingerprint density at radius 2 is 2.31 bits per heavy atom. The fraction of sp³-hybridized carbons (Fsp3) is 0.273. The van der Waals surface area contributed by atoms with Crippen molar-refractivity contribution in [3.8, 4) is 11.3 Å². The zero-order chi connectivity index (χ0) is 11.7. The molecule has 0 aliphatic carbocycles. The molecule has 2 aromatic rings. The molecule has 2 aromatic heterocycles. The number of carboxylic acids is 1. The zero-order valence-electron chi connectivity index (χ0n) is 9.04. The summed E-state index contributed by atoms with van der Waals surface area (Å²) in [5, 5.41) is 13.3. The summed E-state index contributed by atoms with van der Waals surface area (Å²) in [6.45, 7) is 3.88. The number of furan rings is 1. The molecule has 5 nitrogen and oxygen atoms in total. The molecule has 0 amide bonds. The molecule has 0 aromatic carbocycles. The third-order valence-electron chi connectivity index (χ3n) is 2.29. The van der Waals surface area contributed by atoms with Gasteiger partial charge in [0.15, 0.2) is 0 Å². The van der Waals surface area contributed by atoms with E-state index in [-0.39, 0.29) is 11.6 Å². The SMILES string of the molecule is CC(C)n1cc(C(=O)O)c(-c2ccoc2)n1. The van der Waals surface area contributed by atoms with Crippen molar-refractivity contribution in [3.63, 3.8) is 0 Å². The summed E-state index contributed by atoms with van der Waals surface area (Å²) in [4.78, 5) is 11.1. The van der Waals surface area contributed by atoms with Gasteiger partial charge in [0.05, 0.1) is 12.5 Å². The Balaban J connectivity index is 2.55. The number of nitrogens with zero attached hydrogens (tertiary/aromatic N) is 2. The van der Waals surface area contributed by atoms with Crippen LogP contribution in [0.4, 0.5) is 0 Å².